The molecular formula is C8H3F2. The number of rotatable bonds is 0. The van der Waals surface area contributed by atoms with E-state index in [1.807, 2.05) is 5.92 Å². The highest BCUT2D eigenvalue weighted by atomic mass is 19.1. The van der Waals surface area contributed by atoms with Crippen molar-refractivity contribution in [2.75, 3.05) is 0 Å². The maximum absolute atomic E-state index is 12.3. The van der Waals surface area contributed by atoms with Crippen LogP contribution in [0.4, 0.5) is 8.78 Å². The Bertz CT molecular complexity index is 264. The van der Waals surface area contributed by atoms with Gasteiger partial charge in [-0.05, 0) is 18.6 Å². The Kier molecular flexibility index (Phi) is 1.68. The van der Waals surface area contributed by atoms with Gasteiger partial charge in [0.15, 0.2) is 0 Å². The summed E-state index contributed by atoms with van der Waals surface area (Å²) in [6.07, 6.45) is 6.55. The van der Waals surface area contributed by atoms with Crippen LogP contribution in [-0.4, -0.2) is 0 Å². The van der Waals surface area contributed by atoms with Crippen molar-refractivity contribution in [2.45, 2.75) is 0 Å². The molecule has 0 N–H and O–H groups in total. The van der Waals surface area contributed by atoms with Crippen LogP contribution in [0.3, 0.4) is 0 Å². The Morgan fingerprint density at radius 2 is 1.60 bits per heavy atom. The quantitative estimate of drug-likeness (QED) is 0.479. The molecule has 2 heteroatoms. The molecule has 1 aromatic rings. The lowest BCUT2D eigenvalue weighted by Crippen LogP contribution is -1.81. The molecule has 0 bridgehead atoms. The third-order valence-corrected chi connectivity index (χ3v) is 1.01. The average Bonchev–Trinajstić information content (AvgIpc) is 1.85. The molecular weight excluding hydrogens is 134 g/mol. The maximum atomic E-state index is 12.3. The minimum Gasteiger partial charge on any atom is -0.207 e. The Hall–Kier alpha value is -1.36. The molecule has 0 aliphatic rings. The van der Waals surface area contributed by atoms with E-state index in [2.05, 4.69) is 0 Å². The van der Waals surface area contributed by atoms with Gasteiger partial charge in [0.2, 0.25) is 0 Å². The lowest BCUT2D eigenvalue weighted by molar-refractivity contribution is 0.582. The second kappa shape index (κ2) is 2.49. The first-order valence-corrected chi connectivity index (χ1v) is 2.61. The predicted molar refractivity (Wildman–Crippen MR) is 32.6 cm³/mol. The molecule has 0 heterocycles. The van der Waals surface area contributed by atoms with Crippen molar-refractivity contribution in [1.82, 2.24) is 0 Å². The van der Waals surface area contributed by atoms with Crippen molar-refractivity contribution in [1.29, 1.82) is 0 Å². The van der Waals surface area contributed by atoms with E-state index in [1.54, 1.807) is 0 Å². The molecule has 0 aliphatic heterocycles. The van der Waals surface area contributed by atoms with Crippen LogP contribution in [0.15, 0.2) is 18.2 Å². The third-order valence-electron chi connectivity index (χ3n) is 1.01. The zero-order valence-corrected chi connectivity index (χ0v) is 4.99. The molecule has 1 rings (SSSR count). The maximum Gasteiger partial charge on any atom is 0.127 e. The third kappa shape index (κ3) is 1.32. The van der Waals surface area contributed by atoms with Crippen LogP contribution in [0.25, 0.3) is 0 Å². The zero-order valence-electron chi connectivity index (χ0n) is 4.99. The summed E-state index contributed by atoms with van der Waals surface area (Å²) in [6.45, 7) is 0. The molecule has 0 unspecified atom stereocenters. The molecule has 1 radical (unpaired) electrons. The summed E-state index contributed by atoms with van der Waals surface area (Å²) in [5.41, 5.74) is 0.109. The van der Waals surface area contributed by atoms with E-state index in [4.69, 9.17) is 6.42 Å². The molecule has 0 aliphatic carbocycles. The molecule has 49 valence electrons. The fourth-order valence-electron chi connectivity index (χ4n) is 0.626. The molecule has 0 aromatic heterocycles. The van der Waals surface area contributed by atoms with Crippen molar-refractivity contribution < 1.29 is 8.78 Å². The van der Waals surface area contributed by atoms with Crippen LogP contribution in [0.1, 0.15) is 5.56 Å². The van der Waals surface area contributed by atoms with E-state index in [0.29, 0.717) is 0 Å². The Morgan fingerprint density at radius 3 is 2.00 bits per heavy atom. The van der Waals surface area contributed by atoms with Crippen molar-refractivity contribution in [3.8, 4) is 5.92 Å². The van der Waals surface area contributed by atoms with Gasteiger partial charge in [-0.3, -0.25) is 0 Å². The van der Waals surface area contributed by atoms with Gasteiger partial charge in [-0.2, -0.15) is 0 Å². The first kappa shape index (κ1) is 6.76. The summed E-state index contributed by atoms with van der Waals surface area (Å²) in [5.74, 6) is 0.508. The Morgan fingerprint density at radius 1 is 1.10 bits per heavy atom. The van der Waals surface area contributed by atoms with Crippen molar-refractivity contribution in [3.05, 3.63) is 41.8 Å². The van der Waals surface area contributed by atoms with Gasteiger partial charge in [0.25, 0.3) is 0 Å². The minimum absolute atomic E-state index is 0.109. The van der Waals surface area contributed by atoms with E-state index in [0.717, 1.165) is 18.2 Å². The van der Waals surface area contributed by atoms with E-state index in [-0.39, 0.29) is 5.56 Å². The summed E-state index contributed by atoms with van der Waals surface area (Å²) in [4.78, 5) is 0. The zero-order chi connectivity index (χ0) is 7.56. The van der Waals surface area contributed by atoms with Crippen LogP contribution in [0.2, 0.25) is 0 Å². The summed E-state index contributed by atoms with van der Waals surface area (Å²) < 4.78 is 24.5. The van der Waals surface area contributed by atoms with Crippen LogP contribution < -0.4 is 0 Å². The first-order valence-electron chi connectivity index (χ1n) is 2.61. The van der Waals surface area contributed by atoms with Gasteiger partial charge >= 0.3 is 0 Å². The van der Waals surface area contributed by atoms with E-state index >= 15 is 0 Å². The highest BCUT2D eigenvalue weighted by Crippen LogP contribution is 2.05. The normalized spacial score (nSPS) is 8.90. The smallest absolute Gasteiger partial charge is 0.127 e. The molecule has 0 saturated carbocycles. The molecule has 0 fully saturated rings. The second-order valence-electron chi connectivity index (χ2n) is 1.78. The molecule has 1 aromatic carbocycles. The first-order chi connectivity index (χ1) is 4.72. The lowest BCUT2D eigenvalue weighted by Gasteiger charge is -1.90. The Labute approximate surface area is 57.5 Å². The van der Waals surface area contributed by atoms with Crippen molar-refractivity contribution in [2.24, 2.45) is 0 Å². The monoisotopic (exact) mass is 137 g/mol. The van der Waals surface area contributed by atoms with Crippen LogP contribution >= 0.6 is 0 Å². The molecule has 10 heavy (non-hydrogen) atoms. The molecule has 0 amide bonds. The van der Waals surface area contributed by atoms with Crippen molar-refractivity contribution in [3.63, 3.8) is 0 Å². The summed E-state index contributed by atoms with van der Waals surface area (Å²) in [6, 6.07) is 2.83. The molecule has 0 spiro atoms. The van der Waals surface area contributed by atoms with Gasteiger partial charge in [-0.1, -0.05) is 5.92 Å². The lowest BCUT2D eigenvalue weighted by atomic mass is 10.2. The summed E-state index contributed by atoms with van der Waals surface area (Å²) in [5, 5.41) is 0. The Balaban J connectivity index is 3.22. The number of halogens is 2. The van der Waals surface area contributed by atoms with Gasteiger partial charge in [-0.25, -0.2) is 8.78 Å². The van der Waals surface area contributed by atoms with Gasteiger partial charge in [0, 0.05) is 11.6 Å². The summed E-state index contributed by atoms with van der Waals surface area (Å²) >= 11 is 0. The van der Waals surface area contributed by atoms with Gasteiger partial charge in [0.05, 0.1) is 0 Å². The van der Waals surface area contributed by atoms with Crippen LogP contribution in [-0.2, 0) is 0 Å². The predicted octanol–water partition coefficient (Wildman–Crippen LogP) is 1.90. The second-order valence-corrected chi connectivity index (χ2v) is 1.78. The van der Waals surface area contributed by atoms with Crippen LogP contribution in [0, 0.1) is 24.0 Å². The highest BCUT2D eigenvalue weighted by Gasteiger charge is 1.96. The fourth-order valence-corrected chi connectivity index (χ4v) is 0.626. The minimum atomic E-state index is -0.685. The van der Waals surface area contributed by atoms with E-state index in [1.165, 1.54) is 0 Å². The number of benzene rings is 1. The van der Waals surface area contributed by atoms with E-state index in [9.17, 15) is 8.78 Å². The van der Waals surface area contributed by atoms with Crippen molar-refractivity contribution >= 4 is 0 Å². The SMILES string of the molecule is [C]#Cc1cc(F)cc(F)c1. The fraction of sp³-hybridized carbons (Fsp3) is 0. The van der Waals surface area contributed by atoms with Gasteiger partial charge in [0.1, 0.15) is 11.6 Å². The van der Waals surface area contributed by atoms with Crippen LogP contribution in [0.5, 0.6) is 0 Å². The van der Waals surface area contributed by atoms with E-state index < -0.39 is 11.6 Å². The average molecular weight is 137 g/mol. The largest absolute Gasteiger partial charge is 0.207 e. The number of hydrogen-bond acceptors (Lipinski definition) is 0. The molecule has 0 atom stereocenters. The van der Waals surface area contributed by atoms with Gasteiger partial charge < -0.3 is 0 Å². The topological polar surface area (TPSA) is 0 Å². The van der Waals surface area contributed by atoms with Gasteiger partial charge in [-0.15, -0.1) is 0 Å². The number of hydrogen-bond donors (Lipinski definition) is 0. The standard InChI is InChI=1S/C8H3F2/c1-2-6-3-7(9)5-8(10)4-6/h3-5H. The summed E-state index contributed by atoms with van der Waals surface area (Å²) in [7, 11) is 0. The molecule has 0 nitrogen and oxygen atoms in total. The highest BCUT2D eigenvalue weighted by molar-refractivity contribution is 5.30. The molecule has 0 saturated heterocycles.